The second kappa shape index (κ2) is 3.13. The Morgan fingerprint density at radius 2 is 1.75 bits per heavy atom. The first kappa shape index (κ1) is 9.03. The molecular weight excluding hydrogens is 156 g/mol. The fourth-order valence-electron chi connectivity index (χ4n) is 0.889. The zero-order valence-electron chi connectivity index (χ0n) is 7.11. The van der Waals surface area contributed by atoms with Crippen LogP contribution in [0.3, 0.4) is 0 Å². The molecule has 0 saturated heterocycles. The maximum atomic E-state index is 9.58. The van der Waals surface area contributed by atoms with Gasteiger partial charge in [-0.15, -0.1) is 0 Å². The number of phenolic OH excluding ortho intramolecular Hbond substituents is 1. The van der Waals surface area contributed by atoms with Gasteiger partial charge in [-0.3, -0.25) is 0 Å². The van der Waals surface area contributed by atoms with Crippen molar-refractivity contribution < 1.29 is 14.9 Å². The van der Waals surface area contributed by atoms with E-state index in [0.29, 0.717) is 5.56 Å². The van der Waals surface area contributed by atoms with E-state index in [1.807, 2.05) is 0 Å². The second-order valence-corrected chi connectivity index (χ2v) is 2.73. The minimum Gasteiger partial charge on any atom is -0.508 e. The lowest BCUT2D eigenvalue weighted by atomic mass is 10.1. The Balaban J connectivity index is 2.96. The van der Waals surface area contributed by atoms with Crippen molar-refractivity contribution in [2.45, 2.75) is 12.7 Å². The van der Waals surface area contributed by atoms with Gasteiger partial charge in [0, 0.05) is 12.7 Å². The molecule has 0 saturated carbocycles. The summed E-state index contributed by atoms with van der Waals surface area (Å²) in [6, 6.07) is 6.23. The van der Waals surface area contributed by atoms with E-state index in [0.717, 1.165) is 0 Å². The van der Waals surface area contributed by atoms with Crippen molar-refractivity contribution >= 4 is 0 Å². The fourth-order valence-corrected chi connectivity index (χ4v) is 0.889. The normalized spacial score (nSPS) is 15.6. The molecule has 0 aliphatic heterocycles. The number of hydrogen-bond donors (Lipinski definition) is 2. The van der Waals surface area contributed by atoms with Crippen LogP contribution in [0.2, 0.25) is 0 Å². The summed E-state index contributed by atoms with van der Waals surface area (Å²) in [5.74, 6) is -1.11. The standard InChI is InChI=1S/C9H12O3/c1-9(11,12-2)7-3-5-8(10)6-4-7/h3-6,10-11H,1-2H3. The van der Waals surface area contributed by atoms with Gasteiger partial charge in [0.25, 0.3) is 0 Å². The lowest BCUT2D eigenvalue weighted by molar-refractivity contribution is -0.179. The molecule has 12 heavy (non-hydrogen) atoms. The molecule has 0 radical (unpaired) electrons. The summed E-state index contributed by atoms with van der Waals surface area (Å²) in [6.45, 7) is 1.54. The lowest BCUT2D eigenvalue weighted by Gasteiger charge is -2.21. The van der Waals surface area contributed by atoms with Crippen LogP contribution in [0.15, 0.2) is 24.3 Å². The van der Waals surface area contributed by atoms with Crippen molar-refractivity contribution in [1.82, 2.24) is 0 Å². The molecule has 0 bridgehead atoms. The number of ether oxygens (including phenoxy) is 1. The molecule has 0 aromatic heterocycles. The van der Waals surface area contributed by atoms with Crippen molar-refractivity contribution in [3.63, 3.8) is 0 Å². The van der Waals surface area contributed by atoms with E-state index in [1.165, 1.54) is 19.2 Å². The molecule has 1 rings (SSSR count). The Kier molecular flexibility index (Phi) is 2.35. The van der Waals surface area contributed by atoms with Crippen molar-refractivity contribution in [3.8, 4) is 5.75 Å². The summed E-state index contributed by atoms with van der Waals surface area (Å²) in [5, 5.41) is 18.6. The molecule has 0 fully saturated rings. The summed E-state index contributed by atoms with van der Waals surface area (Å²) in [7, 11) is 1.42. The third-order valence-electron chi connectivity index (χ3n) is 1.80. The van der Waals surface area contributed by atoms with Crippen LogP contribution < -0.4 is 0 Å². The van der Waals surface area contributed by atoms with Crippen LogP contribution >= 0.6 is 0 Å². The number of methoxy groups -OCH3 is 1. The largest absolute Gasteiger partial charge is 0.508 e. The van der Waals surface area contributed by atoms with Gasteiger partial charge in [-0.1, -0.05) is 12.1 Å². The highest BCUT2D eigenvalue weighted by atomic mass is 16.6. The number of aromatic hydroxyl groups is 1. The Bertz CT molecular complexity index is 251. The molecule has 66 valence electrons. The Hall–Kier alpha value is -1.06. The predicted octanol–water partition coefficient (Wildman–Crippen LogP) is 1.20. The van der Waals surface area contributed by atoms with Crippen molar-refractivity contribution in [2.24, 2.45) is 0 Å². The number of aliphatic hydroxyl groups is 1. The van der Waals surface area contributed by atoms with Crippen molar-refractivity contribution in [2.75, 3.05) is 7.11 Å². The highest BCUT2D eigenvalue weighted by Gasteiger charge is 2.21. The first-order valence-corrected chi connectivity index (χ1v) is 3.63. The Morgan fingerprint density at radius 1 is 1.25 bits per heavy atom. The Labute approximate surface area is 71.2 Å². The predicted molar refractivity (Wildman–Crippen MR) is 44.7 cm³/mol. The molecule has 2 N–H and O–H groups in total. The van der Waals surface area contributed by atoms with Gasteiger partial charge >= 0.3 is 0 Å². The van der Waals surface area contributed by atoms with Gasteiger partial charge in [0.05, 0.1) is 0 Å². The smallest absolute Gasteiger partial charge is 0.189 e. The van der Waals surface area contributed by atoms with Crippen LogP contribution in [0.1, 0.15) is 12.5 Å². The molecule has 1 atom stereocenters. The molecule has 3 heteroatoms. The molecule has 1 aromatic carbocycles. The molecule has 1 unspecified atom stereocenters. The quantitative estimate of drug-likeness (QED) is 0.652. The van der Waals surface area contributed by atoms with Gasteiger partial charge in [0.1, 0.15) is 5.75 Å². The van der Waals surface area contributed by atoms with Gasteiger partial charge < -0.3 is 14.9 Å². The second-order valence-electron chi connectivity index (χ2n) is 2.73. The van der Waals surface area contributed by atoms with Gasteiger partial charge in [-0.2, -0.15) is 0 Å². The summed E-state index contributed by atoms with van der Waals surface area (Å²) in [5.41, 5.74) is 0.614. The fraction of sp³-hybridized carbons (Fsp3) is 0.333. The molecule has 3 nitrogen and oxygen atoms in total. The third kappa shape index (κ3) is 1.75. The highest BCUT2D eigenvalue weighted by molar-refractivity contribution is 5.28. The number of rotatable bonds is 2. The molecule has 0 aliphatic carbocycles. The van der Waals surface area contributed by atoms with Crippen LogP contribution in [0.4, 0.5) is 0 Å². The van der Waals surface area contributed by atoms with Gasteiger partial charge in [0.2, 0.25) is 0 Å². The van der Waals surface area contributed by atoms with E-state index in [9.17, 15) is 5.11 Å². The van der Waals surface area contributed by atoms with E-state index < -0.39 is 5.79 Å². The van der Waals surface area contributed by atoms with E-state index in [-0.39, 0.29) is 5.75 Å². The SMILES string of the molecule is COC(C)(O)c1ccc(O)cc1. The van der Waals surface area contributed by atoms with Crippen molar-refractivity contribution in [3.05, 3.63) is 29.8 Å². The van der Waals surface area contributed by atoms with Crippen LogP contribution in [0, 0.1) is 0 Å². The van der Waals surface area contributed by atoms with Crippen molar-refractivity contribution in [1.29, 1.82) is 0 Å². The maximum Gasteiger partial charge on any atom is 0.189 e. The molecule has 1 aromatic rings. The minimum absolute atomic E-state index is 0.172. The number of hydrogen-bond acceptors (Lipinski definition) is 3. The highest BCUT2D eigenvalue weighted by Crippen LogP contribution is 2.22. The first-order chi connectivity index (χ1) is 5.56. The van der Waals surface area contributed by atoms with Crippen LogP contribution in [0.25, 0.3) is 0 Å². The van der Waals surface area contributed by atoms with E-state index in [1.54, 1.807) is 19.1 Å². The lowest BCUT2D eigenvalue weighted by Crippen LogP contribution is -2.22. The molecule has 0 heterocycles. The van der Waals surface area contributed by atoms with Crippen LogP contribution in [0.5, 0.6) is 5.75 Å². The van der Waals surface area contributed by atoms with Crippen LogP contribution in [-0.4, -0.2) is 17.3 Å². The van der Waals surface area contributed by atoms with E-state index in [4.69, 9.17) is 9.84 Å². The topological polar surface area (TPSA) is 49.7 Å². The minimum atomic E-state index is -1.28. The molecule has 0 spiro atoms. The maximum absolute atomic E-state index is 9.58. The Morgan fingerprint density at radius 3 is 2.17 bits per heavy atom. The van der Waals surface area contributed by atoms with Crippen LogP contribution in [-0.2, 0) is 10.5 Å². The van der Waals surface area contributed by atoms with Gasteiger partial charge in [0.15, 0.2) is 5.79 Å². The number of phenols is 1. The van der Waals surface area contributed by atoms with E-state index >= 15 is 0 Å². The molecule has 0 aliphatic rings. The summed E-state index contributed by atoms with van der Waals surface area (Å²) >= 11 is 0. The average molecular weight is 168 g/mol. The van der Waals surface area contributed by atoms with Gasteiger partial charge in [-0.05, 0) is 19.1 Å². The summed E-state index contributed by atoms with van der Waals surface area (Å²) in [4.78, 5) is 0. The van der Waals surface area contributed by atoms with E-state index in [2.05, 4.69) is 0 Å². The van der Waals surface area contributed by atoms with Gasteiger partial charge in [-0.25, -0.2) is 0 Å². The monoisotopic (exact) mass is 168 g/mol. The average Bonchev–Trinajstić information content (AvgIpc) is 2.05. The molecular formula is C9H12O3. The summed E-state index contributed by atoms with van der Waals surface area (Å²) in [6.07, 6.45) is 0. The molecule has 0 amide bonds. The first-order valence-electron chi connectivity index (χ1n) is 3.63. The zero-order chi connectivity index (χ0) is 9.19. The number of benzene rings is 1. The summed E-state index contributed by atoms with van der Waals surface area (Å²) < 4.78 is 4.84. The third-order valence-corrected chi connectivity index (χ3v) is 1.80. The zero-order valence-corrected chi connectivity index (χ0v) is 7.11.